The lowest BCUT2D eigenvalue weighted by Gasteiger charge is -2.44. The highest BCUT2D eigenvalue weighted by molar-refractivity contribution is 5.85. The molecule has 0 aromatic rings. The average molecular weight is 344 g/mol. The SMILES string of the molecule is CC(=O)N1CCCN(C(=O)C2CC3CCCC(C2)C3N)CC1.Cl. The molecule has 2 atom stereocenters. The summed E-state index contributed by atoms with van der Waals surface area (Å²) in [6.45, 7) is 4.55. The molecule has 132 valence electrons. The van der Waals surface area contributed by atoms with E-state index >= 15 is 0 Å². The molecule has 0 spiro atoms. The van der Waals surface area contributed by atoms with E-state index in [0.29, 0.717) is 36.9 Å². The predicted molar refractivity (Wildman–Crippen MR) is 92.2 cm³/mol. The Balaban J connectivity index is 0.00000192. The molecule has 2 aliphatic carbocycles. The van der Waals surface area contributed by atoms with Crippen LogP contribution in [0.25, 0.3) is 0 Å². The van der Waals surface area contributed by atoms with Gasteiger partial charge in [0.2, 0.25) is 11.8 Å². The summed E-state index contributed by atoms with van der Waals surface area (Å²) < 4.78 is 0. The van der Waals surface area contributed by atoms with Crippen molar-refractivity contribution in [1.82, 2.24) is 9.80 Å². The first-order chi connectivity index (χ1) is 10.6. The lowest BCUT2D eigenvalue weighted by molar-refractivity contribution is -0.139. The van der Waals surface area contributed by atoms with Crippen LogP contribution < -0.4 is 5.73 Å². The molecule has 3 aliphatic rings. The molecule has 2 unspecified atom stereocenters. The van der Waals surface area contributed by atoms with Gasteiger partial charge in [-0.3, -0.25) is 9.59 Å². The summed E-state index contributed by atoms with van der Waals surface area (Å²) in [5, 5.41) is 0. The van der Waals surface area contributed by atoms with Gasteiger partial charge in [-0.1, -0.05) is 6.42 Å². The molecule has 2 amide bonds. The highest BCUT2D eigenvalue weighted by Gasteiger charge is 2.41. The van der Waals surface area contributed by atoms with E-state index in [4.69, 9.17) is 5.73 Å². The molecule has 3 rings (SSSR count). The monoisotopic (exact) mass is 343 g/mol. The van der Waals surface area contributed by atoms with Crippen molar-refractivity contribution >= 4 is 24.2 Å². The standard InChI is InChI=1S/C17H29N3O2.ClH/c1-12(21)19-6-3-7-20(9-8-19)17(22)15-10-13-4-2-5-14(11-15)16(13)18;/h13-16H,2-11,18H2,1H3;1H. The number of halogens is 1. The Morgan fingerprint density at radius 1 is 0.913 bits per heavy atom. The molecule has 0 aromatic heterocycles. The van der Waals surface area contributed by atoms with Crippen LogP contribution in [0.5, 0.6) is 0 Å². The van der Waals surface area contributed by atoms with Crippen molar-refractivity contribution in [2.75, 3.05) is 26.2 Å². The summed E-state index contributed by atoms with van der Waals surface area (Å²) in [6.07, 6.45) is 6.51. The number of carbonyl (C=O) groups is 2. The average Bonchev–Trinajstić information content (AvgIpc) is 2.72. The van der Waals surface area contributed by atoms with Gasteiger partial charge in [-0.05, 0) is 43.9 Å². The number of carbonyl (C=O) groups excluding carboxylic acids is 2. The van der Waals surface area contributed by atoms with Crippen LogP contribution in [0.2, 0.25) is 0 Å². The fourth-order valence-corrected chi connectivity index (χ4v) is 4.70. The second-order valence-electron chi connectivity index (χ2n) is 7.38. The lowest BCUT2D eigenvalue weighted by atomic mass is 9.65. The number of hydrogen-bond donors (Lipinski definition) is 1. The van der Waals surface area contributed by atoms with E-state index in [1.807, 2.05) is 9.80 Å². The van der Waals surface area contributed by atoms with Gasteiger partial charge in [0.15, 0.2) is 0 Å². The van der Waals surface area contributed by atoms with E-state index in [2.05, 4.69) is 0 Å². The summed E-state index contributed by atoms with van der Waals surface area (Å²) in [7, 11) is 0. The smallest absolute Gasteiger partial charge is 0.225 e. The summed E-state index contributed by atoms with van der Waals surface area (Å²) in [6, 6.07) is 0.315. The Morgan fingerprint density at radius 3 is 2.09 bits per heavy atom. The van der Waals surface area contributed by atoms with E-state index in [1.54, 1.807) is 6.92 Å². The van der Waals surface area contributed by atoms with Gasteiger partial charge in [-0.2, -0.15) is 0 Å². The summed E-state index contributed by atoms with van der Waals surface area (Å²) in [5.41, 5.74) is 6.33. The molecule has 6 heteroatoms. The predicted octanol–water partition coefficient (Wildman–Crippen LogP) is 1.64. The Kier molecular flexibility index (Phi) is 6.32. The maximum atomic E-state index is 12.9. The fourth-order valence-electron chi connectivity index (χ4n) is 4.70. The minimum absolute atomic E-state index is 0. The molecule has 3 fully saturated rings. The van der Waals surface area contributed by atoms with Crippen molar-refractivity contribution in [3.05, 3.63) is 0 Å². The van der Waals surface area contributed by atoms with E-state index in [9.17, 15) is 9.59 Å². The summed E-state index contributed by atoms with van der Waals surface area (Å²) in [4.78, 5) is 28.3. The third kappa shape index (κ3) is 4.00. The largest absolute Gasteiger partial charge is 0.341 e. The van der Waals surface area contributed by atoms with Crippen molar-refractivity contribution in [2.45, 2.75) is 51.5 Å². The molecule has 2 bridgehead atoms. The number of amides is 2. The van der Waals surface area contributed by atoms with Crippen molar-refractivity contribution in [3.8, 4) is 0 Å². The van der Waals surface area contributed by atoms with Crippen LogP contribution in [-0.4, -0.2) is 53.8 Å². The fraction of sp³-hybridized carbons (Fsp3) is 0.882. The van der Waals surface area contributed by atoms with Gasteiger partial charge in [0, 0.05) is 45.1 Å². The second kappa shape index (κ2) is 7.84. The Morgan fingerprint density at radius 2 is 1.48 bits per heavy atom. The maximum Gasteiger partial charge on any atom is 0.225 e. The minimum atomic E-state index is 0. The molecule has 0 aromatic carbocycles. The number of rotatable bonds is 1. The van der Waals surface area contributed by atoms with Gasteiger partial charge in [0.25, 0.3) is 0 Å². The lowest BCUT2D eigenvalue weighted by Crippen LogP contribution is -2.50. The Hall–Kier alpha value is -0.810. The normalized spacial score (nSPS) is 34.3. The van der Waals surface area contributed by atoms with Crippen molar-refractivity contribution in [3.63, 3.8) is 0 Å². The van der Waals surface area contributed by atoms with E-state index < -0.39 is 0 Å². The van der Waals surface area contributed by atoms with Gasteiger partial charge in [-0.15, -0.1) is 12.4 Å². The first kappa shape index (κ1) is 18.5. The molecule has 2 saturated carbocycles. The molecule has 1 saturated heterocycles. The van der Waals surface area contributed by atoms with Gasteiger partial charge in [-0.25, -0.2) is 0 Å². The van der Waals surface area contributed by atoms with E-state index in [0.717, 1.165) is 32.4 Å². The molecule has 1 aliphatic heterocycles. The summed E-state index contributed by atoms with van der Waals surface area (Å²) in [5.74, 6) is 1.69. The molecule has 2 N–H and O–H groups in total. The Labute approximate surface area is 145 Å². The van der Waals surface area contributed by atoms with Crippen LogP contribution in [0.3, 0.4) is 0 Å². The highest BCUT2D eigenvalue weighted by atomic mass is 35.5. The zero-order chi connectivity index (χ0) is 15.7. The third-order valence-corrected chi connectivity index (χ3v) is 6.02. The van der Waals surface area contributed by atoms with Crippen LogP contribution in [0.15, 0.2) is 0 Å². The molecule has 1 heterocycles. The number of hydrogen-bond acceptors (Lipinski definition) is 3. The molecule has 0 radical (unpaired) electrons. The first-order valence-electron chi connectivity index (χ1n) is 8.86. The molecule has 5 nitrogen and oxygen atoms in total. The van der Waals surface area contributed by atoms with Crippen LogP contribution in [-0.2, 0) is 9.59 Å². The van der Waals surface area contributed by atoms with Gasteiger partial charge < -0.3 is 15.5 Å². The topological polar surface area (TPSA) is 66.6 Å². The second-order valence-corrected chi connectivity index (χ2v) is 7.38. The van der Waals surface area contributed by atoms with Crippen molar-refractivity contribution < 1.29 is 9.59 Å². The van der Waals surface area contributed by atoms with Crippen LogP contribution in [0, 0.1) is 17.8 Å². The number of nitrogens with zero attached hydrogens (tertiary/aromatic N) is 2. The number of fused-ring (bicyclic) bond motifs is 2. The highest BCUT2D eigenvalue weighted by Crippen LogP contribution is 2.42. The zero-order valence-corrected chi connectivity index (χ0v) is 14.9. The zero-order valence-electron chi connectivity index (χ0n) is 14.1. The molecule has 23 heavy (non-hydrogen) atoms. The first-order valence-corrected chi connectivity index (χ1v) is 8.86. The molecular weight excluding hydrogens is 314 g/mol. The maximum absolute atomic E-state index is 12.9. The van der Waals surface area contributed by atoms with Gasteiger partial charge in [0.05, 0.1) is 0 Å². The van der Waals surface area contributed by atoms with Crippen molar-refractivity contribution in [2.24, 2.45) is 23.5 Å². The molecular formula is C17H30ClN3O2. The van der Waals surface area contributed by atoms with E-state index in [-0.39, 0.29) is 24.2 Å². The quantitative estimate of drug-likeness (QED) is 0.787. The van der Waals surface area contributed by atoms with Crippen molar-refractivity contribution in [1.29, 1.82) is 0 Å². The van der Waals surface area contributed by atoms with Crippen LogP contribution >= 0.6 is 12.4 Å². The van der Waals surface area contributed by atoms with E-state index in [1.165, 1.54) is 19.3 Å². The third-order valence-electron chi connectivity index (χ3n) is 6.02. The van der Waals surface area contributed by atoms with Crippen LogP contribution in [0.1, 0.15) is 45.4 Å². The van der Waals surface area contributed by atoms with Gasteiger partial charge in [0.1, 0.15) is 0 Å². The van der Waals surface area contributed by atoms with Gasteiger partial charge >= 0.3 is 0 Å². The summed E-state index contributed by atoms with van der Waals surface area (Å²) >= 11 is 0. The Bertz CT molecular complexity index is 432. The van der Waals surface area contributed by atoms with Crippen LogP contribution in [0.4, 0.5) is 0 Å². The number of nitrogens with two attached hydrogens (primary N) is 1. The minimum Gasteiger partial charge on any atom is -0.341 e.